The van der Waals surface area contributed by atoms with Gasteiger partial charge in [-0.25, -0.2) is 9.48 Å². The van der Waals surface area contributed by atoms with Crippen LogP contribution in [0.15, 0.2) is 9.79 Å². The number of likely N-dealkylation sites (tertiary alicyclic amines) is 1. The van der Waals surface area contributed by atoms with Crippen LogP contribution in [0.1, 0.15) is 52.3 Å². The number of hydrogen-bond acceptors (Lipinski definition) is 3. The molecule has 1 aromatic heterocycles. The minimum atomic E-state index is 0.0502. The molecule has 2 atom stereocenters. The van der Waals surface area contributed by atoms with Crippen molar-refractivity contribution in [3.63, 3.8) is 0 Å². The maximum absolute atomic E-state index is 12.4. The zero-order valence-corrected chi connectivity index (χ0v) is 16.6. The number of nitrogens with one attached hydrogen (secondary N) is 1. The highest BCUT2D eigenvalue weighted by molar-refractivity contribution is 5.80. The summed E-state index contributed by atoms with van der Waals surface area (Å²) < 4.78 is 3.47. The number of aliphatic imine (C=N–C) groups is 1. The second-order valence-corrected chi connectivity index (χ2v) is 7.97. The minimum Gasteiger partial charge on any atom is -0.357 e. The molecule has 0 radical (unpaired) electrons. The van der Waals surface area contributed by atoms with Crippen LogP contribution in [-0.2, 0) is 19.5 Å². The summed E-state index contributed by atoms with van der Waals surface area (Å²) >= 11 is 0. The molecule has 3 heterocycles. The Bertz CT molecular complexity index is 666. The van der Waals surface area contributed by atoms with Gasteiger partial charge in [-0.3, -0.25) is 9.56 Å². The van der Waals surface area contributed by atoms with Crippen LogP contribution in [0, 0.1) is 11.8 Å². The number of hydrogen-bond donors (Lipinski definition) is 1. The summed E-state index contributed by atoms with van der Waals surface area (Å²) in [7, 11) is 0. The van der Waals surface area contributed by atoms with Gasteiger partial charge in [0.2, 0.25) is 0 Å². The molecule has 26 heavy (non-hydrogen) atoms. The Hall–Kier alpha value is -1.79. The molecule has 7 heteroatoms. The Balaban J connectivity index is 1.57. The van der Waals surface area contributed by atoms with E-state index in [2.05, 4.69) is 36.1 Å². The summed E-state index contributed by atoms with van der Waals surface area (Å²) in [5.74, 6) is 3.38. The molecule has 146 valence electrons. The van der Waals surface area contributed by atoms with E-state index in [9.17, 15) is 4.79 Å². The number of piperidine rings is 1. The lowest BCUT2D eigenvalue weighted by Crippen LogP contribution is -2.48. The molecule has 7 nitrogen and oxygen atoms in total. The van der Waals surface area contributed by atoms with E-state index in [1.807, 2.05) is 4.57 Å². The van der Waals surface area contributed by atoms with Crippen LogP contribution >= 0.6 is 0 Å². The van der Waals surface area contributed by atoms with Gasteiger partial charge in [0.05, 0.1) is 0 Å². The average molecular weight is 363 g/mol. The molecule has 0 aliphatic carbocycles. The van der Waals surface area contributed by atoms with Crippen molar-refractivity contribution >= 4 is 5.96 Å². The summed E-state index contributed by atoms with van der Waals surface area (Å²) in [5.41, 5.74) is 0.0502. The third-order valence-corrected chi connectivity index (χ3v) is 5.32. The first kappa shape index (κ1) is 19.0. The predicted molar refractivity (Wildman–Crippen MR) is 105 cm³/mol. The molecule has 1 fully saturated rings. The molecule has 1 aromatic rings. The minimum absolute atomic E-state index is 0.0502. The third-order valence-electron chi connectivity index (χ3n) is 5.32. The van der Waals surface area contributed by atoms with Crippen molar-refractivity contribution in [1.82, 2.24) is 24.6 Å². The fourth-order valence-corrected chi connectivity index (χ4v) is 4.26. The lowest BCUT2D eigenvalue weighted by molar-refractivity contribution is 0.208. The summed E-state index contributed by atoms with van der Waals surface area (Å²) in [5, 5.41) is 7.94. The number of aromatic nitrogens is 3. The number of fused-ring (bicyclic) bond motifs is 1. The van der Waals surface area contributed by atoms with Gasteiger partial charge in [-0.05, 0) is 44.4 Å². The molecule has 1 saturated heterocycles. The van der Waals surface area contributed by atoms with Gasteiger partial charge in [0.1, 0.15) is 5.82 Å². The highest BCUT2D eigenvalue weighted by Crippen LogP contribution is 2.20. The first-order chi connectivity index (χ1) is 12.6. The van der Waals surface area contributed by atoms with E-state index in [-0.39, 0.29) is 5.69 Å². The zero-order chi connectivity index (χ0) is 18.5. The number of rotatable bonds is 5. The van der Waals surface area contributed by atoms with E-state index < -0.39 is 0 Å². The van der Waals surface area contributed by atoms with Gasteiger partial charge in [0.15, 0.2) is 5.96 Å². The normalized spacial score (nSPS) is 23.8. The summed E-state index contributed by atoms with van der Waals surface area (Å²) in [4.78, 5) is 19.6. The standard InChI is InChI=1S/C19H34N6O/c1-4-20-18(23-13-15(2)12-16(3)14-23)21-9-7-11-25-19(26)24-10-6-5-8-17(24)22-25/h15-16H,4-14H2,1-3H3,(H,20,21). The van der Waals surface area contributed by atoms with E-state index >= 15 is 0 Å². The summed E-state index contributed by atoms with van der Waals surface area (Å²) in [6, 6.07) is 0. The van der Waals surface area contributed by atoms with Gasteiger partial charge >= 0.3 is 5.69 Å². The molecule has 0 spiro atoms. The average Bonchev–Trinajstić information content (AvgIpc) is 2.93. The van der Waals surface area contributed by atoms with Crippen LogP contribution in [0.2, 0.25) is 0 Å². The highest BCUT2D eigenvalue weighted by Gasteiger charge is 2.24. The van der Waals surface area contributed by atoms with Crippen molar-refractivity contribution in [2.45, 2.75) is 66.0 Å². The first-order valence-corrected chi connectivity index (χ1v) is 10.3. The van der Waals surface area contributed by atoms with Crippen molar-refractivity contribution in [3.05, 3.63) is 16.3 Å². The Kier molecular flexibility index (Phi) is 6.38. The Labute approximate surface area is 156 Å². The Morgan fingerprint density at radius 2 is 2.04 bits per heavy atom. The molecule has 0 amide bonds. The summed E-state index contributed by atoms with van der Waals surface area (Å²) in [6.45, 7) is 12.0. The fraction of sp³-hybridized carbons (Fsp3) is 0.842. The quantitative estimate of drug-likeness (QED) is 0.492. The van der Waals surface area contributed by atoms with Crippen LogP contribution in [0.5, 0.6) is 0 Å². The molecule has 2 aliphatic heterocycles. The smallest absolute Gasteiger partial charge is 0.345 e. The van der Waals surface area contributed by atoms with Gasteiger partial charge in [0, 0.05) is 45.7 Å². The SMILES string of the molecule is CCNC(=NCCCn1nc2n(c1=O)CCCC2)N1CC(C)CC(C)C1. The van der Waals surface area contributed by atoms with Crippen LogP contribution in [0.4, 0.5) is 0 Å². The van der Waals surface area contributed by atoms with E-state index in [0.717, 1.165) is 70.2 Å². The maximum atomic E-state index is 12.4. The largest absolute Gasteiger partial charge is 0.357 e. The van der Waals surface area contributed by atoms with Gasteiger partial charge in [-0.1, -0.05) is 13.8 Å². The Morgan fingerprint density at radius 3 is 2.73 bits per heavy atom. The van der Waals surface area contributed by atoms with Gasteiger partial charge < -0.3 is 10.2 Å². The molecule has 2 unspecified atom stereocenters. The van der Waals surface area contributed by atoms with Crippen LogP contribution in [0.3, 0.4) is 0 Å². The lowest BCUT2D eigenvalue weighted by atomic mass is 9.92. The molecular formula is C19H34N6O. The van der Waals surface area contributed by atoms with Crippen molar-refractivity contribution in [2.24, 2.45) is 16.8 Å². The fourth-order valence-electron chi connectivity index (χ4n) is 4.26. The van der Waals surface area contributed by atoms with Gasteiger partial charge in [0.25, 0.3) is 0 Å². The second kappa shape index (κ2) is 8.73. The first-order valence-electron chi connectivity index (χ1n) is 10.3. The van der Waals surface area contributed by atoms with E-state index in [1.165, 1.54) is 6.42 Å². The molecule has 0 saturated carbocycles. The van der Waals surface area contributed by atoms with Crippen molar-refractivity contribution < 1.29 is 0 Å². The van der Waals surface area contributed by atoms with Crippen LogP contribution < -0.4 is 11.0 Å². The van der Waals surface area contributed by atoms with Gasteiger partial charge in [-0.15, -0.1) is 0 Å². The van der Waals surface area contributed by atoms with Crippen LogP contribution in [0.25, 0.3) is 0 Å². The molecule has 2 aliphatic rings. The van der Waals surface area contributed by atoms with Crippen LogP contribution in [-0.4, -0.2) is 51.4 Å². The van der Waals surface area contributed by atoms with Crippen molar-refractivity contribution in [2.75, 3.05) is 26.2 Å². The zero-order valence-electron chi connectivity index (χ0n) is 16.6. The number of aryl methyl sites for hydroxylation is 2. The van der Waals surface area contributed by atoms with Crippen molar-refractivity contribution in [1.29, 1.82) is 0 Å². The molecule has 0 bridgehead atoms. The monoisotopic (exact) mass is 362 g/mol. The van der Waals surface area contributed by atoms with E-state index in [4.69, 9.17) is 4.99 Å². The molecular weight excluding hydrogens is 328 g/mol. The maximum Gasteiger partial charge on any atom is 0.345 e. The number of nitrogens with zero attached hydrogens (tertiary/aromatic N) is 5. The number of guanidine groups is 1. The lowest BCUT2D eigenvalue weighted by Gasteiger charge is -2.37. The topological polar surface area (TPSA) is 67.5 Å². The predicted octanol–water partition coefficient (Wildman–Crippen LogP) is 1.71. The molecule has 1 N–H and O–H groups in total. The molecule has 3 rings (SSSR count). The Morgan fingerprint density at radius 1 is 1.27 bits per heavy atom. The van der Waals surface area contributed by atoms with Crippen molar-refractivity contribution in [3.8, 4) is 0 Å². The van der Waals surface area contributed by atoms with Gasteiger partial charge in [-0.2, -0.15) is 5.10 Å². The molecule has 0 aromatic carbocycles. The van der Waals surface area contributed by atoms with E-state index in [1.54, 1.807) is 4.68 Å². The third kappa shape index (κ3) is 4.48. The van der Waals surface area contributed by atoms with E-state index in [0.29, 0.717) is 18.4 Å². The summed E-state index contributed by atoms with van der Waals surface area (Å²) in [6.07, 6.45) is 5.28. The second-order valence-electron chi connectivity index (χ2n) is 7.97. The highest BCUT2D eigenvalue weighted by atomic mass is 16.2.